The molecule has 0 fully saturated rings. The summed E-state index contributed by atoms with van der Waals surface area (Å²) >= 11 is 11.8. The molecule has 2 amide bonds. The van der Waals surface area contributed by atoms with E-state index >= 15 is 0 Å². The second-order valence-electron chi connectivity index (χ2n) is 6.17. The number of hydrogen-bond acceptors (Lipinski definition) is 3. The summed E-state index contributed by atoms with van der Waals surface area (Å²) in [5.74, 6) is -0.920. The van der Waals surface area contributed by atoms with Crippen molar-refractivity contribution in [2.24, 2.45) is 0 Å². The maximum Gasteiger partial charge on any atom is 0.243 e. The standard InChI is InChI=1S/C20H20Cl2N2O3/c1-12-3-4-14(9-13(12)2)18(25)7-8-19(26)23-11-20(27)24-17-10-15(21)5-6-16(17)22/h3-6,9-10H,7-8,11H2,1-2H3,(H,23,26)(H,24,27). The van der Waals surface area contributed by atoms with Crippen LogP contribution in [0.2, 0.25) is 10.0 Å². The van der Waals surface area contributed by atoms with Crippen LogP contribution in [-0.2, 0) is 9.59 Å². The van der Waals surface area contributed by atoms with Crippen LogP contribution in [0.25, 0.3) is 0 Å². The molecule has 0 spiro atoms. The maximum absolute atomic E-state index is 12.2. The second kappa shape index (κ2) is 9.53. The normalized spacial score (nSPS) is 10.4. The van der Waals surface area contributed by atoms with Crippen LogP contribution < -0.4 is 10.6 Å². The Morgan fingerprint density at radius 3 is 2.33 bits per heavy atom. The molecule has 2 N–H and O–H groups in total. The Kier molecular flexibility index (Phi) is 7.39. The van der Waals surface area contributed by atoms with E-state index in [1.54, 1.807) is 18.2 Å². The highest BCUT2D eigenvalue weighted by Gasteiger charge is 2.12. The molecule has 0 aliphatic heterocycles. The number of carbonyl (C=O) groups is 3. The Morgan fingerprint density at radius 2 is 1.63 bits per heavy atom. The van der Waals surface area contributed by atoms with Crippen molar-refractivity contribution in [3.05, 3.63) is 63.1 Å². The van der Waals surface area contributed by atoms with Crippen molar-refractivity contribution in [3.63, 3.8) is 0 Å². The Morgan fingerprint density at radius 1 is 0.889 bits per heavy atom. The predicted octanol–water partition coefficient (Wildman–Crippen LogP) is 4.33. The van der Waals surface area contributed by atoms with Gasteiger partial charge in [-0.3, -0.25) is 14.4 Å². The molecule has 0 atom stereocenters. The quantitative estimate of drug-likeness (QED) is 0.671. The number of anilines is 1. The lowest BCUT2D eigenvalue weighted by molar-refractivity contribution is -0.124. The Balaban J connectivity index is 1.78. The van der Waals surface area contributed by atoms with Crippen molar-refractivity contribution >= 4 is 46.5 Å². The number of Topliss-reactive ketones (excluding diaryl/α,β-unsaturated/α-hetero) is 1. The largest absolute Gasteiger partial charge is 0.347 e. The molecule has 2 aromatic rings. The Hall–Kier alpha value is -2.37. The highest BCUT2D eigenvalue weighted by molar-refractivity contribution is 6.35. The highest BCUT2D eigenvalue weighted by atomic mass is 35.5. The van der Waals surface area contributed by atoms with Gasteiger partial charge in [0.15, 0.2) is 5.78 Å². The van der Waals surface area contributed by atoms with Crippen molar-refractivity contribution in [1.29, 1.82) is 0 Å². The number of benzene rings is 2. The van der Waals surface area contributed by atoms with Gasteiger partial charge < -0.3 is 10.6 Å². The van der Waals surface area contributed by atoms with E-state index in [2.05, 4.69) is 10.6 Å². The molecule has 0 saturated heterocycles. The predicted molar refractivity (Wildman–Crippen MR) is 108 cm³/mol. The minimum atomic E-state index is -0.437. The van der Waals surface area contributed by atoms with Crippen LogP contribution in [0.15, 0.2) is 36.4 Å². The number of halogens is 2. The van der Waals surface area contributed by atoms with Gasteiger partial charge in [-0.05, 0) is 49.2 Å². The van der Waals surface area contributed by atoms with Crippen molar-refractivity contribution in [1.82, 2.24) is 5.32 Å². The van der Waals surface area contributed by atoms with Gasteiger partial charge in [-0.1, -0.05) is 35.3 Å². The first-order valence-electron chi connectivity index (χ1n) is 8.38. The summed E-state index contributed by atoms with van der Waals surface area (Å²) in [5.41, 5.74) is 3.09. The molecule has 0 aromatic heterocycles. The molecule has 0 heterocycles. The van der Waals surface area contributed by atoms with Gasteiger partial charge in [-0.25, -0.2) is 0 Å². The SMILES string of the molecule is Cc1ccc(C(=O)CCC(=O)NCC(=O)Nc2cc(Cl)ccc2Cl)cc1C. The number of hydrogen-bond donors (Lipinski definition) is 2. The van der Waals surface area contributed by atoms with Crippen molar-refractivity contribution in [3.8, 4) is 0 Å². The zero-order valence-electron chi connectivity index (χ0n) is 15.1. The summed E-state index contributed by atoms with van der Waals surface area (Å²) in [6.07, 6.45) is 0.0903. The maximum atomic E-state index is 12.2. The van der Waals surface area contributed by atoms with Crippen molar-refractivity contribution in [2.75, 3.05) is 11.9 Å². The van der Waals surface area contributed by atoms with Gasteiger partial charge in [0.25, 0.3) is 0 Å². The first-order valence-corrected chi connectivity index (χ1v) is 9.14. The molecule has 0 saturated carbocycles. The van der Waals surface area contributed by atoms with Crippen LogP contribution in [0.1, 0.15) is 34.3 Å². The molecule has 0 aliphatic rings. The summed E-state index contributed by atoms with van der Waals surface area (Å²) in [5, 5.41) is 5.84. The summed E-state index contributed by atoms with van der Waals surface area (Å²) < 4.78 is 0. The number of rotatable bonds is 7. The highest BCUT2D eigenvalue weighted by Crippen LogP contribution is 2.25. The van der Waals surface area contributed by atoms with Crippen LogP contribution in [-0.4, -0.2) is 24.1 Å². The van der Waals surface area contributed by atoms with Gasteiger partial charge >= 0.3 is 0 Å². The third-order valence-corrected chi connectivity index (χ3v) is 4.62. The molecule has 142 valence electrons. The fraction of sp³-hybridized carbons (Fsp3) is 0.250. The number of aryl methyl sites for hydroxylation is 2. The lowest BCUT2D eigenvalue weighted by Crippen LogP contribution is -2.33. The first kappa shape index (κ1) is 20.9. The van der Waals surface area contributed by atoms with Crippen molar-refractivity contribution < 1.29 is 14.4 Å². The zero-order chi connectivity index (χ0) is 20.0. The zero-order valence-corrected chi connectivity index (χ0v) is 16.6. The van der Waals surface area contributed by atoms with Crippen LogP contribution in [0.3, 0.4) is 0 Å². The van der Waals surface area contributed by atoms with Gasteiger partial charge in [0.05, 0.1) is 17.3 Å². The summed E-state index contributed by atoms with van der Waals surface area (Å²) in [6.45, 7) is 3.68. The number of nitrogens with one attached hydrogen (secondary N) is 2. The fourth-order valence-electron chi connectivity index (χ4n) is 2.34. The summed E-state index contributed by atoms with van der Waals surface area (Å²) in [6, 6.07) is 10.1. The molecule has 27 heavy (non-hydrogen) atoms. The molecular weight excluding hydrogens is 387 g/mol. The van der Waals surface area contributed by atoms with Gasteiger partial charge in [0.2, 0.25) is 11.8 Å². The molecule has 0 bridgehead atoms. The van der Waals surface area contributed by atoms with E-state index in [0.29, 0.717) is 21.3 Å². The average molecular weight is 407 g/mol. The third-order valence-electron chi connectivity index (χ3n) is 4.06. The molecule has 2 aromatic carbocycles. The van der Waals surface area contributed by atoms with Crippen LogP contribution in [0, 0.1) is 13.8 Å². The van der Waals surface area contributed by atoms with Gasteiger partial charge in [0.1, 0.15) is 0 Å². The van der Waals surface area contributed by atoms with Crippen LogP contribution in [0.4, 0.5) is 5.69 Å². The molecule has 0 unspecified atom stereocenters. The van der Waals surface area contributed by atoms with E-state index in [1.807, 2.05) is 26.0 Å². The van der Waals surface area contributed by atoms with E-state index in [1.165, 1.54) is 6.07 Å². The first-order chi connectivity index (χ1) is 12.8. The minimum absolute atomic E-state index is 0.0109. The lowest BCUT2D eigenvalue weighted by Gasteiger charge is -2.09. The Labute approximate surface area is 168 Å². The summed E-state index contributed by atoms with van der Waals surface area (Å²) in [7, 11) is 0. The summed E-state index contributed by atoms with van der Waals surface area (Å²) in [4.78, 5) is 36.0. The van der Waals surface area contributed by atoms with Gasteiger partial charge in [-0.2, -0.15) is 0 Å². The van der Waals surface area contributed by atoms with Gasteiger partial charge in [0, 0.05) is 23.4 Å². The topological polar surface area (TPSA) is 75.3 Å². The smallest absolute Gasteiger partial charge is 0.243 e. The molecule has 7 heteroatoms. The lowest BCUT2D eigenvalue weighted by atomic mass is 10.0. The fourth-order valence-corrected chi connectivity index (χ4v) is 2.68. The molecule has 0 radical (unpaired) electrons. The monoisotopic (exact) mass is 406 g/mol. The Bertz CT molecular complexity index is 882. The van der Waals surface area contributed by atoms with E-state index in [0.717, 1.165) is 11.1 Å². The molecule has 2 rings (SSSR count). The number of carbonyl (C=O) groups excluding carboxylic acids is 3. The van der Waals surface area contributed by atoms with Crippen LogP contribution >= 0.6 is 23.2 Å². The van der Waals surface area contributed by atoms with E-state index < -0.39 is 5.91 Å². The number of amides is 2. The van der Waals surface area contributed by atoms with Crippen LogP contribution in [0.5, 0.6) is 0 Å². The van der Waals surface area contributed by atoms with E-state index in [-0.39, 0.29) is 31.1 Å². The van der Waals surface area contributed by atoms with E-state index in [9.17, 15) is 14.4 Å². The molecule has 5 nitrogen and oxygen atoms in total. The van der Waals surface area contributed by atoms with E-state index in [4.69, 9.17) is 23.2 Å². The average Bonchev–Trinajstić information content (AvgIpc) is 2.63. The second-order valence-corrected chi connectivity index (χ2v) is 7.01. The molecule has 0 aliphatic carbocycles. The molecular formula is C20H20Cl2N2O3. The minimum Gasteiger partial charge on any atom is -0.347 e. The van der Waals surface area contributed by atoms with Gasteiger partial charge in [-0.15, -0.1) is 0 Å². The van der Waals surface area contributed by atoms with Crippen molar-refractivity contribution in [2.45, 2.75) is 26.7 Å². The third kappa shape index (κ3) is 6.38. The number of ketones is 1.